The van der Waals surface area contributed by atoms with Gasteiger partial charge < -0.3 is 10.2 Å². The van der Waals surface area contributed by atoms with Crippen LogP contribution in [-0.2, 0) is 4.79 Å². The summed E-state index contributed by atoms with van der Waals surface area (Å²) in [6, 6.07) is 14.4. The Morgan fingerprint density at radius 2 is 1.94 bits per heavy atom. The summed E-state index contributed by atoms with van der Waals surface area (Å²) in [4.78, 5) is 26.2. The molecule has 0 saturated heterocycles. The molecule has 0 radical (unpaired) electrons. The van der Waals surface area contributed by atoms with Gasteiger partial charge in [-0.25, -0.2) is 5.01 Å². The normalized spacial score (nSPS) is 20.4. The van der Waals surface area contributed by atoms with Gasteiger partial charge in [-0.1, -0.05) is 32.0 Å². The number of amides is 1. The highest BCUT2D eigenvalue weighted by atomic mass is 16.3. The van der Waals surface area contributed by atoms with E-state index in [2.05, 4.69) is 11.5 Å². The highest BCUT2D eigenvalue weighted by molar-refractivity contribution is 6.00. The molecular formula is C24H24N4O3. The lowest BCUT2D eigenvalue weighted by Crippen LogP contribution is -2.49. The van der Waals surface area contributed by atoms with Crippen LogP contribution in [0.5, 0.6) is 0 Å². The average molecular weight is 416 g/mol. The number of rotatable bonds is 3. The third-order valence-electron chi connectivity index (χ3n) is 5.68. The van der Waals surface area contributed by atoms with Gasteiger partial charge >= 0.3 is 0 Å². The van der Waals surface area contributed by atoms with E-state index < -0.39 is 5.92 Å². The molecule has 7 heteroatoms. The molecule has 0 spiro atoms. The number of carbonyl (C=O) groups is 2. The number of nitrogens with zero attached hydrogens (tertiary/aromatic N) is 2. The molecule has 4 rings (SSSR count). The Bertz CT molecular complexity index is 1160. The number of hydrogen-bond donors (Lipinski definition) is 2. The number of aryl methyl sites for hydroxylation is 1. The van der Waals surface area contributed by atoms with Gasteiger partial charge in [0.25, 0.3) is 5.91 Å². The van der Waals surface area contributed by atoms with Gasteiger partial charge in [0, 0.05) is 17.6 Å². The van der Waals surface area contributed by atoms with Gasteiger partial charge in [0.15, 0.2) is 5.78 Å². The van der Waals surface area contributed by atoms with Crippen LogP contribution in [0.4, 0.5) is 0 Å². The van der Waals surface area contributed by atoms with Crippen molar-refractivity contribution in [1.29, 1.82) is 5.26 Å². The minimum absolute atomic E-state index is 0.0792. The molecule has 3 N–H and O–H groups in total. The van der Waals surface area contributed by atoms with Gasteiger partial charge in [-0.15, -0.1) is 0 Å². The second-order valence-electron chi connectivity index (χ2n) is 8.74. The first-order valence-corrected chi connectivity index (χ1v) is 10.1. The van der Waals surface area contributed by atoms with Gasteiger partial charge in [0.2, 0.25) is 0 Å². The number of benzene rings is 1. The smallest absolute Gasteiger partial charge is 0.270 e. The van der Waals surface area contributed by atoms with Crippen molar-refractivity contribution in [3.05, 3.63) is 82.2 Å². The Labute approximate surface area is 180 Å². The Morgan fingerprint density at radius 3 is 2.55 bits per heavy atom. The van der Waals surface area contributed by atoms with Crippen LogP contribution in [0.1, 0.15) is 54.5 Å². The lowest BCUT2D eigenvalue weighted by Gasteiger charge is -2.42. The first kappa shape index (κ1) is 20.5. The van der Waals surface area contributed by atoms with Crippen LogP contribution in [0.2, 0.25) is 0 Å². The predicted molar refractivity (Wildman–Crippen MR) is 114 cm³/mol. The molecular weight excluding hydrogens is 392 g/mol. The van der Waals surface area contributed by atoms with E-state index in [0.717, 1.165) is 0 Å². The molecule has 158 valence electrons. The van der Waals surface area contributed by atoms with Crippen LogP contribution in [-0.4, -0.2) is 16.7 Å². The summed E-state index contributed by atoms with van der Waals surface area (Å²) in [6.07, 6.45) is 0.847. The number of hydrazine groups is 1. The molecule has 1 aromatic carbocycles. The number of carbonyl (C=O) groups excluding carboxylic acids is 2. The largest absolute Gasteiger partial charge is 0.465 e. The minimum atomic E-state index is -0.692. The molecule has 31 heavy (non-hydrogen) atoms. The zero-order valence-electron chi connectivity index (χ0n) is 17.7. The van der Waals surface area contributed by atoms with E-state index in [0.29, 0.717) is 41.2 Å². The molecule has 2 aliphatic rings. The SMILES string of the molecule is Cc1ccc(C2C(C#N)=C(N)N(NC(=O)c3ccccc3)C3=C2C(=O)CC(C)(C)C3)o1. The summed E-state index contributed by atoms with van der Waals surface area (Å²) in [6.45, 7) is 5.80. The molecule has 0 fully saturated rings. The van der Waals surface area contributed by atoms with Crippen molar-refractivity contribution in [2.45, 2.75) is 39.5 Å². The Morgan fingerprint density at radius 1 is 1.23 bits per heavy atom. The van der Waals surface area contributed by atoms with Crippen LogP contribution in [0, 0.1) is 23.7 Å². The Hall–Kier alpha value is -3.79. The third kappa shape index (κ3) is 3.61. The molecule has 1 aliphatic carbocycles. The number of Topliss-reactive ketones (excluding diaryl/α,β-unsaturated/α-hetero) is 1. The molecule has 0 bridgehead atoms. The molecule has 1 unspecified atom stereocenters. The second kappa shape index (κ2) is 7.47. The van der Waals surface area contributed by atoms with Crippen LogP contribution < -0.4 is 11.2 Å². The monoisotopic (exact) mass is 416 g/mol. The van der Waals surface area contributed by atoms with Crippen molar-refractivity contribution in [2.75, 3.05) is 0 Å². The Kier molecular flexibility index (Phi) is 4.94. The van der Waals surface area contributed by atoms with Crippen molar-refractivity contribution in [2.24, 2.45) is 11.1 Å². The molecule has 1 amide bonds. The number of nitrogens with two attached hydrogens (primary N) is 1. The first-order valence-electron chi connectivity index (χ1n) is 10.1. The second-order valence-corrected chi connectivity index (χ2v) is 8.74. The summed E-state index contributed by atoms with van der Waals surface area (Å²) in [5.74, 6) is 0.112. The summed E-state index contributed by atoms with van der Waals surface area (Å²) < 4.78 is 5.81. The molecule has 2 heterocycles. The van der Waals surface area contributed by atoms with E-state index >= 15 is 0 Å². The van der Waals surface area contributed by atoms with Crippen LogP contribution in [0.25, 0.3) is 0 Å². The fourth-order valence-corrected chi connectivity index (χ4v) is 4.29. The fraction of sp³-hybridized carbons (Fsp3) is 0.292. The maximum absolute atomic E-state index is 13.3. The van der Waals surface area contributed by atoms with Gasteiger partial charge in [-0.2, -0.15) is 5.26 Å². The lowest BCUT2D eigenvalue weighted by atomic mass is 9.70. The molecule has 7 nitrogen and oxygen atoms in total. The van der Waals surface area contributed by atoms with Crippen LogP contribution in [0.15, 0.2) is 69.5 Å². The predicted octanol–water partition coefficient (Wildman–Crippen LogP) is 3.67. The van der Waals surface area contributed by atoms with Crippen molar-refractivity contribution in [3.63, 3.8) is 0 Å². The van der Waals surface area contributed by atoms with E-state index in [1.165, 1.54) is 5.01 Å². The van der Waals surface area contributed by atoms with Gasteiger partial charge in [0.1, 0.15) is 17.3 Å². The molecule has 2 aromatic rings. The molecule has 1 atom stereocenters. The highest BCUT2D eigenvalue weighted by Crippen LogP contribution is 2.48. The van der Waals surface area contributed by atoms with Gasteiger partial charge in [0.05, 0.1) is 23.3 Å². The third-order valence-corrected chi connectivity index (χ3v) is 5.68. The summed E-state index contributed by atoms with van der Waals surface area (Å²) in [7, 11) is 0. The number of nitrogens with one attached hydrogen (secondary N) is 1. The van der Waals surface area contributed by atoms with E-state index in [1.807, 2.05) is 19.9 Å². The van der Waals surface area contributed by atoms with Crippen molar-refractivity contribution >= 4 is 11.7 Å². The van der Waals surface area contributed by atoms with E-state index in [4.69, 9.17) is 10.2 Å². The number of allylic oxidation sites excluding steroid dienone is 3. The first-order chi connectivity index (χ1) is 14.7. The van der Waals surface area contributed by atoms with Crippen molar-refractivity contribution < 1.29 is 14.0 Å². The lowest BCUT2D eigenvalue weighted by molar-refractivity contribution is -0.118. The van der Waals surface area contributed by atoms with Crippen molar-refractivity contribution in [3.8, 4) is 6.07 Å². The zero-order valence-corrected chi connectivity index (χ0v) is 17.7. The van der Waals surface area contributed by atoms with E-state index in [1.54, 1.807) is 43.3 Å². The number of hydrogen-bond acceptors (Lipinski definition) is 6. The van der Waals surface area contributed by atoms with Crippen LogP contribution in [0.3, 0.4) is 0 Å². The number of furan rings is 1. The standard InChI is InChI=1S/C24H24N4O3/c1-14-9-10-19(31-14)20-16(13-25)22(26)28(27-23(30)15-7-5-4-6-8-15)17-11-24(2,3)12-18(29)21(17)20/h4-10,20H,11-12,26H2,1-3H3,(H,27,30). The highest BCUT2D eigenvalue weighted by Gasteiger charge is 2.45. The van der Waals surface area contributed by atoms with Gasteiger partial charge in [-0.3, -0.25) is 15.0 Å². The molecule has 1 aliphatic heterocycles. The topological polar surface area (TPSA) is 112 Å². The maximum Gasteiger partial charge on any atom is 0.270 e. The quantitative estimate of drug-likeness (QED) is 0.789. The molecule has 1 aromatic heterocycles. The van der Waals surface area contributed by atoms with Crippen LogP contribution >= 0.6 is 0 Å². The fourth-order valence-electron chi connectivity index (χ4n) is 4.29. The molecule has 0 saturated carbocycles. The van der Waals surface area contributed by atoms with Gasteiger partial charge in [-0.05, 0) is 43.0 Å². The summed E-state index contributed by atoms with van der Waals surface area (Å²) in [5.41, 5.74) is 10.6. The number of nitriles is 1. The summed E-state index contributed by atoms with van der Waals surface area (Å²) >= 11 is 0. The van der Waals surface area contributed by atoms with Crippen molar-refractivity contribution in [1.82, 2.24) is 10.4 Å². The Balaban J connectivity index is 1.86. The maximum atomic E-state index is 13.3. The average Bonchev–Trinajstić information content (AvgIpc) is 3.15. The minimum Gasteiger partial charge on any atom is -0.465 e. The van der Waals surface area contributed by atoms with E-state index in [-0.39, 0.29) is 28.5 Å². The zero-order chi connectivity index (χ0) is 22.3. The number of ketones is 1. The summed E-state index contributed by atoms with van der Waals surface area (Å²) in [5, 5.41) is 11.4. The van der Waals surface area contributed by atoms with E-state index in [9.17, 15) is 14.9 Å².